The molecule has 0 heterocycles. The SMILES string of the molecule is Cc1cc(C)c(NC(=O)CNS(=O)(=O)c2ccc(Cl)c(C)c2)c(C)c1. The lowest BCUT2D eigenvalue weighted by atomic mass is 10.1. The zero-order chi connectivity index (χ0) is 18.8. The number of benzene rings is 2. The number of amides is 1. The van der Waals surface area contributed by atoms with Crippen LogP contribution >= 0.6 is 11.6 Å². The first kappa shape index (κ1) is 19.4. The third kappa shape index (κ3) is 4.81. The molecule has 5 nitrogen and oxygen atoms in total. The van der Waals surface area contributed by atoms with Crippen molar-refractivity contribution in [1.29, 1.82) is 0 Å². The second kappa shape index (κ2) is 7.56. The van der Waals surface area contributed by atoms with Gasteiger partial charge < -0.3 is 5.32 Å². The van der Waals surface area contributed by atoms with Crippen molar-refractivity contribution in [3.63, 3.8) is 0 Å². The lowest BCUT2D eigenvalue weighted by Crippen LogP contribution is -2.33. The van der Waals surface area contributed by atoms with Gasteiger partial charge in [-0.25, -0.2) is 13.1 Å². The first-order chi connectivity index (χ1) is 11.6. The Morgan fingerprint density at radius 3 is 2.16 bits per heavy atom. The van der Waals surface area contributed by atoms with E-state index in [-0.39, 0.29) is 11.4 Å². The molecule has 2 rings (SSSR count). The van der Waals surface area contributed by atoms with E-state index < -0.39 is 15.9 Å². The van der Waals surface area contributed by atoms with Crippen LogP contribution in [0, 0.1) is 27.7 Å². The van der Waals surface area contributed by atoms with Gasteiger partial charge >= 0.3 is 0 Å². The predicted molar refractivity (Wildman–Crippen MR) is 101 cm³/mol. The number of rotatable bonds is 5. The molecule has 134 valence electrons. The van der Waals surface area contributed by atoms with Gasteiger partial charge in [0.15, 0.2) is 0 Å². The standard InChI is InChI=1S/C18H21ClN2O3S/c1-11-7-13(3)18(14(4)8-11)21-17(22)10-20-25(23,24)15-5-6-16(19)12(2)9-15/h5-9,20H,10H2,1-4H3,(H,21,22). The molecule has 2 aromatic carbocycles. The summed E-state index contributed by atoms with van der Waals surface area (Å²) in [5.41, 5.74) is 4.33. The van der Waals surface area contributed by atoms with Gasteiger partial charge in [0.25, 0.3) is 0 Å². The van der Waals surface area contributed by atoms with Crippen LogP contribution in [0.1, 0.15) is 22.3 Å². The summed E-state index contributed by atoms with van der Waals surface area (Å²) in [4.78, 5) is 12.2. The first-order valence-corrected chi connectivity index (χ1v) is 9.60. The molecule has 0 fully saturated rings. The van der Waals surface area contributed by atoms with Crippen LogP contribution in [0.3, 0.4) is 0 Å². The Bertz CT molecular complexity index is 901. The molecule has 0 saturated carbocycles. The summed E-state index contributed by atoms with van der Waals surface area (Å²) >= 11 is 5.91. The molecule has 2 aromatic rings. The summed E-state index contributed by atoms with van der Waals surface area (Å²) in [7, 11) is -3.78. The Kier molecular flexibility index (Phi) is 5.87. The number of hydrogen-bond donors (Lipinski definition) is 2. The van der Waals surface area contributed by atoms with Gasteiger partial charge in [-0.1, -0.05) is 29.3 Å². The van der Waals surface area contributed by atoms with Gasteiger partial charge in [-0.3, -0.25) is 4.79 Å². The fraction of sp³-hybridized carbons (Fsp3) is 0.278. The quantitative estimate of drug-likeness (QED) is 0.833. The van der Waals surface area contributed by atoms with Gasteiger partial charge in [0.2, 0.25) is 15.9 Å². The molecular weight excluding hydrogens is 360 g/mol. The normalized spacial score (nSPS) is 11.4. The van der Waals surface area contributed by atoms with E-state index in [1.807, 2.05) is 32.9 Å². The second-order valence-corrected chi connectivity index (χ2v) is 8.23. The summed E-state index contributed by atoms with van der Waals surface area (Å²) in [6.07, 6.45) is 0. The highest BCUT2D eigenvalue weighted by Gasteiger charge is 2.17. The third-order valence-electron chi connectivity index (χ3n) is 3.80. The summed E-state index contributed by atoms with van der Waals surface area (Å²) in [5, 5.41) is 3.25. The van der Waals surface area contributed by atoms with E-state index in [1.165, 1.54) is 18.2 Å². The number of carbonyl (C=O) groups is 1. The summed E-state index contributed by atoms with van der Waals surface area (Å²) < 4.78 is 26.9. The molecule has 0 aliphatic carbocycles. The van der Waals surface area contributed by atoms with Crippen LogP contribution in [-0.2, 0) is 14.8 Å². The number of anilines is 1. The van der Waals surface area contributed by atoms with E-state index in [0.717, 1.165) is 16.7 Å². The van der Waals surface area contributed by atoms with E-state index in [9.17, 15) is 13.2 Å². The highest BCUT2D eigenvalue weighted by atomic mass is 35.5. The van der Waals surface area contributed by atoms with Crippen molar-refractivity contribution in [2.24, 2.45) is 0 Å². The van der Waals surface area contributed by atoms with Crippen molar-refractivity contribution in [2.75, 3.05) is 11.9 Å². The lowest BCUT2D eigenvalue weighted by molar-refractivity contribution is -0.115. The molecule has 7 heteroatoms. The Morgan fingerprint density at radius 1 is 1.00 bits per heavy atom. The molecule has 0 aromatic heterocycles. The zero-order valence-corrected chi connectivity index (χ0v) is 16.2. The summed E-state index contributed by atoms with van der Waals surface area (Å²) in [6.45, 7) is 7.15. The number of carbonyl (C=O) groups excluding carboxylic acids is 1. The van der Waals surface area contributed by atoms with Crippen LogP contribution in [0.15, 0.2) is 35.2 Å². The number of halogens is 1. The largest absolute Gasteiger partial charge is 0.324 e. The molecule has 0 bridgehead atoms. The molecule has 0 aliphatic rings. The van der Waals surface area contributed by atoms with Crippen molar-refractivity contribution in [2.45, 2.75) is 32.6 Å². The maximum Gasteiger partial charge on any atom is 0.241 e. The van der Waals surface area contributed by atoms with Crippen molar-refractivity contribution in [1.82, 2.24) is 4.72 Å². The Balaban J connectivity index is 2.08. The average Bonchev–Trinajstić information content (AvgIpc) is 2.51. The van der Waals surface area contributed by atoms with Gasteiger partial charge in [-0.15, -0.1) is 0 Å². The van der Waals surface area contributed by atoms with Crippen molar-refractivity contribution in [3.8, 4) is 0 Å². The van der Waals surface area contributed by atoms with Gasteiger partial charge in [0, 0.05) is 10.7 Å². The molecule has 0 spiro atoms. The van der Waals surface area contributed by atoms with Crippen LogP contribution in [0.4, 0.5) is 5.69 Å². The average molecular weight is 381 g/mol. The Labute approximate surface area is 153 Å². The molecule has 1 amide bonds. The maximum atomic E-state index is 12.3. The van der Waals surface area contributed by atoms with Gasteiger partial charge in [-0.2, -0.15) is 0 Å². The minimum atomic E-state index is -3.78. The van der Waals surface area contributed by atoms with Gasteiger partial charge in [0.1, 0.15) is 0 Å². The molecule has 0 saturated heterocycles. The van der Waals surface area contributed by atoms with Crippen LogP contribution in [0.2, 0.25) is 5.02 Å². The van der Waals surface area contributed by atoms with Crippen LogP contribution in [0.5, 0.6) is 0 Å². The molecule has 25 heavy (non-hydrogen) atoms. The molecule has 0 atom stereocenters. The monoisotopic (exact) mass is 380 g/mol. The third-order valence-corrected chi connectivity index (χ3v) is 5.63. The minimum absolute atomic E-state index is 0.0740. The predicted octanol–water partition coefficient (Wildman–Crippen LogP) is 3.49. The van der Waals surface area contributed by atoms with E-state index in [2.05, 4.69) is 10.0 Å². The number of sulfonamides is 1. The molecule has 2 N–H and O–H groups in total. The topological polar surface area (TPSA) is 75.3 Å². The number of nitrogens with one attached hydrogen (secondary N) is 2. The van der Waals surface area contributed by atoms with Crippen molar-refractivity contribution in [3.05, 3.63) is 57.6 Å². The number of hydrogen-bond acceptors (Lipinski definition) is 3. The van der Waals surface area contributed by atoms with E-state index >= 15 is 0 Å². The van der Waals surface area contributed by atoms with Crippen LogP contribution < -0.4 is 10.0 Å². The fourth-order valence-corrected chi connectivity index (χ4v) is 3.77. The molecule has 0 unspecified atom stereocenters. The minimum Gasteiger partial charge on any atom is -0.324 e. The van der Waals surface area contributed by atoms with E-state index in [1.54, 1.807) is 6.92 Å². The molecule has 0 radical (unpaired) electrons. The highest BCUT2D eigenvalue weighted by Crippen LogP contribution is 2.22. The fourth-order valence-electron chi connectivity index (χ4n) is 2.59. The van der Waals surface area contributed by atoms with Gasteiger partial charge in [0.05, 0.1) is 11.4 Å². The van der Waals surface area contributed by atoms with Gasteiger partial charge in [-0.05, 0) is 62.6 Å². The Hall–Kier alpha value is -1.89. The van der Waals surface area contributed by atoms with E-state index in [0.29, 0.717) is 16.3 Å². The molecular formula is C18H21ClN2O3S. The maximum absolute atomic E-state index is 12.3. The van der Waals surface area contributed by atoms with Crippen LogP contribution in [-0.4, -0.2) is 20.9 Å². The number of aryl methyl sites for hydroxylation is 4. The zero-order valence-electron chi connectivity index (χ0n) is 14.6. The smallest absolute Gasteiger partial charge is 0.241 e. The Morgan fingerprint density at radius 2 is 1.60 bits per heavy atom. The van der Waals surface area contributed by atoms with E-state index in [4.69, 9.17) is 11.6 Å². The summed E-state index contributed by atoms with van der Waals surface area (Å²) in [5.74, 6) is -0.427. The summed E-state index contributed by atoms with van der Waals surface area (Å²) in [6, 6.07) is 8.32. The molecule has 0 aliphatic heterocycles. The lowest BCUT2D eigenvalue weighted by Gasteiger charge is -2.13. The van der Waals surface area contributed by atoms with Crippen molar-refractivity contribution >= 4 is 33.2 Å². The second-order valence-electron chi connectivity index (χ2n) is 6.06. The highest BCUT2D eigenvalue weighted by molar-refractivity contribution is 7.89. The first-order valence-electron chi connectivity index (χ1n) is 7.73. The van der Waals surface area contributed by atoms with Crippen molar-refractivity contribution < 1.29 is 13.2 Å². The van der Waals surface area contributed by atoms with Crippen LogP contribution in [0.25, 0.3) is 0 Å².